The molecule has 0 aliphatic rings. The molecule has 1 rings (SSSR count). The number of halogens is 3. The predicted molar refractivity (Wildman–Crippen MR) is 49.6 cm³/mol. The molecule has 1 nitrogen and oxygen atoms in total. The first-order valence-electron chi connectivity index (χ1n) is 3.92. The highest BCUT2D eigenvalue weighted by Gasteiger charge is 2.35. The van der Waals surface area contributed by atoms with Crippen molar-refractivity contribution in [1.82, 2.24) is 0 Å². The molecule has 0 fully saturated rings. The number of ether oxygens (including phenoxy) is 1. The van der Waals surface area contributed by atoms with Crippen LogP contribution in [0, 0.1) is 0 Å². The van der Waals surface area contributed by atoms with Crippen molar-refractivity contribution in [2.24, 2.45) is 0 Å². The zero-order valence-corrected chi connectivity index (χ0v) is 8.12. The molecular weight excluding hydrogens is 213 g/mol. The number of hydrogen-bond donors (Lipinski definition) is 0. The van der Waals surface area contributed by atoms with Crippen LogP contribution >= 0.6 is 11.3 Å². The van der Waals surface area contributed by atoms with E-state index in [-0.39, 0.29) is 12.4 Å². The van der Waals surface area contributed by atoms with Gasteiger partial charge in [0.05, 0.1) is 6.61 Å². The molecular formula is C9H9F3OS. The Labute approximate surface area is 83.8 Å². The third kappa shape index (κ3) is 2.77. The molecule has 0 aliphatic heterocycles. The summed E-state index contributed by atoms with van der Waals surface area (Å²) in [5.41, 5.74) is -0.702. The quantitative estimate of drug-likeness (QED) is 0.557. The van der Waals surface area contributed by atoms with Gasteiger partial charge in [0, 0.05) is 10.8 Å². The standard InChI is InChI=1S/C9H9F3OS/c1-2-3-4-13-8-6-14-5-7(8)9(10,11)12/h2,5-6H,1,3-4H2. The van der Waals surface area contributed by atoms with Crippen molar-refractivity contribution >= 4 is 11.3 Å². The summed E-state index contributed by atoms with van der Waals surface area (Å²) in [6, 6.07) is 0. The van der Waals surface area contributed by atoms with Crippen molar-refractivity contribution in [3.8, 4) is 5.75 Å². The van der Waals surface area contributed by atoms with E-state index in [1.807, 2.05) is 0 Å². The highest BCUT2D eigenvalue weighted by atomic mass is 32.1. The van der Waals surface area contributed by atoms with E-state index in [1.54, 1.807) is 6.08 Å². The fourth-order valence-electron chi connectivity index (χ4n) is 0.856. The average Bonchev–Trinajstić information content (AvgIpc) is 2.52. The second kappa shape index (κ2) is 4.50. The minimum atomic E-state index is -4.33. The molecule has 1 heterocycles. The smallest absolute Gasteiger partial charge is 0.420 e. The van der Waals surface area contributed by atoms with Crippen LogP contribution in [-0.2, 0) is 6.18 Å². The fourth-order valence-corrected chi connectivity index (χ4v) is 1.63. The van der Waals surface area contributed by atoms with Crippen molar-refractivity contribution < 1.29 is 17.9 Å². The third-order valence-electron chi connectivity index (χ3n) is 1.51. The Balaban J connectivity index is 2.68. The van der Waals surface area contributed by atoms with Gasteiger partial charge in [-0.3, -0.25) is 0 Å². The van der Waals surface area contributed by atoms with Crippen molar-refractivity contribution in [2.45, 2.75) is 12.6 Å². The lowest BCUT2D eigenvalue weighted by atomic mass is 10.3. The van der Waals surface area contributed by atoms with Crippen LogP contribution in [0.5, 0.6) is 5.75 Å². The highest BCUT2D eigenvalue weighted by molar-refractivity contribution is 7.08. The highest BCUT2D eigenvalue weighted by Crippen LogP contribution is 2.38. The van der Waals surface area contributed by atoms with Gasteiger partial charge in [0.15, 0.2) is 0 Å². The molecule has 5 heteroatoms. The normalized spacial score (nSPS) is 11.4. The van der Waals surface area contributed by atoms with Gasteiger partial charge in [-0.1, -0.05) is 6.08 Å². The molecule has 0 atom stereocenters. The van der Waals surface area contributed by atoms with Gasteiger partial charge in [0.25, 0.3) is 0 Å². The Bertz CT molecular complexity index is 303. The van der Waals surface area contributed by atoms with Crippen LogP contribution in [0.1, 0.15) is 12.0 Å². The second-order valence-electron chi connectivity index (χ2n) is 2.57. The van der Waals surface area contributed by atoms with Crippen LogP contribution in [0.2, 0.25) is 0 Å². The Morgan fingerprint density at radius 2 is 2.14 bits per heavy atom. The number of rotatable bonds is 4. The van der Waals surface area contributed by atoms with E-state index in [4.69, 9.17) is 4.74 Å². The van der Waals surface area contributed by atoms with E-state index in [0.29, 0.717) is 6.42 Å². The Morgan fingerprint density at radius 3 is 2.71 bits per heavy atom. The summed E-state index contributed by atoms with van der Waals surface area (Å²) in [4.78, 5) is 0. The zero-order chi connectivity index (χ0) is 10.6. The second-order valence-corrected chi connectivity index (χ2v) is 3.32. The molecule has 1 aromatic rings. The Kier molecular flexibility index (Phi) is 3.57. The molecule has 0 N–H and O–H groups in total. The summed E-state index contributed by atoms with van der Waals surface area (Å²) in [5, 5.41) is 2.40. The van der Waals surface area contributed by atoms with Crippen LogP contribution in [0.15, 0.2) is 23.4 Å². The van der Waals surface area contributed by atoms with Crippen LogP contribution in [0.25, 0.3) is 0 Å². The van der Waals surface area contributed by atoms with E-state index < -0.39 is 11.7 Å². The lowest BCUT2D eigenvalue weighted by Crippen LogP contribution is -2.06. The maximum absolute atomic E-state index is 12.3. The van der Waals surface area contributed by atoms with E-state index in [2.05, 4.69) is 6.58 Å². The van der Waals surface area contributed by atoms with Crippen LogP contribution in [-0.4, -0.2) is 6.61 Å². The van der Waals surface area contributed by atoms with Gasteiger partial charge in [-0.2, -0.15) is 13.2 Å². The zero-order valence-electron chi connectivity index (χ0n) is 7.30. The third-order valence-corrected chi connectivity index (χ3v) is 2.23. The van der Waals surface area contributed by atoms with Crippen LogP contribution in [0.4, 0.5) is 13.2 Å². The summed E-state index contributed by atoms with van der Waals surface area (Å²) < 4.78 is 41.9. The number of hydrogen-bond acceptors (Lipinski definition) is 2. The molecule has 14 heavy (non-hydrogen) atoms. The monoisotopic (exact) mass is 222 g/mol. The Morgan fingerprint density at radius 1 is 1.43 bits per heavy atom. The summed E-state index contributed by atoms with van der Waals surface area (Å²) in [5.74, 6) is -0.0932. The summed E-state index contributed by atoms with van der Waals surface area (Å²) in [7, 11) is 0. The van der Waals surface area contributed by atoms with E-state index in [1.165, 1.54) is 5.38 Å². The first-order valence-corrected chi connectivity index (χ1v) is 4.87. The maximum Gasteiger partial charge on any atom is 0.420 e. The molecule has 78 valence electrons. The van der Waals surface area contributed by atoms with Gasteiger partial charge in [0.1, 0.15) is 11.3 Å². The molecule has 0 amide bonds. The topological polar surface area (TPSA) is 9.23 Å². The van der Waals surface area contributed by atoms with Gasteiger partial charge >= 0.3 is 6.18 Å². The van der Waals surface area contributed by atoms with E-state index >= 15 is 0 Å². The van der Waals surface area contributed by atoms with Crippen LogP contribution < -0.4 is 4.74 Å². The lowest BCUT2D eigenvalue weighted by Gasteiger charge is -2.08. The van der Waals surface area contributed by atoms with Gasteiger partial charge < -0.3 is 4.74 Å². The van der Waals surface area contributed by atoms with Crippen molar-refractivity contribution in [3.05, 3.63) is 29.0 Å². The minimum absolute atomic E-state index is 0.0932. The average molecular weight is 222 g/mol. The molecule has 0 saturated carbocycles. The van der Waals surface area contributed by atoms with Crippen molar-refractivity contribution in [2.75, 3.05) is 6.61 Å². The van der Waals surface area contributed by atoms with Gasteiger partial charge in [0.2, 0.25) is 0 Å². The summed E-state index contributed by atoms with van der Waals surface area (Å²) in [6.07, 6.45) is -2.20. The molecule has 0 bridgehead atoms. The largest absolute Gasteiger partial charge is 0.492 e. The van der Waals surface area contributed by atoms with Crippen molar-refractivity contribution in [1.29, 1.82) is 0 Å². The summed E-state index contributed by atoms with van der Waals surface area (Å²) in [6.45, 7) is 3.68. The number of alkyl halides is 3. The first kappa shape index (κ1) is 11.1. The molecule has 0 spiro atoms. The molecule has 1 aromatic heterocycles. The van der Waals surface area contributed by atoms with Crippen molar-refractivity contribution in [3.63, 3.8) is 0 Å². The Hall–Kier alpha value is -0.970. The summed E-state index contributed by atoms with van der Waals surface area (Å²) >= 11 is 0.980. The van der Waals surface area contributed by atoms with Crippen LogP contribution in [0.3, 0.4) is 0 Å². The van der Waals surface area contributed by atoms with E-state index in [0.717, 1.165) is 16.7 Å². The maximum atomic E-state index is 12.3. The van der Waals surface area contributed by atoms with Gasteiger partial charge in [-0.25, -0.2) is 0 Å². The number of thiophene rings is 1. The SMILES string of the molecule is C=CCCOc1cscc1C(F)(F)F. The first-order chi connectivity index (χ1) is 6.55. The molecule has 0 aromatic carbocycles. The molecule has 0 saturated heterocycles. The molecule has 0 aliphatic carbocycles. The predicted octanol–water partition coefficient (Wildman–Crippen LogP) is 3.72. The van der Waals surface area contributed by atoms with Gasteiger partial charge in [-0.15, -0.1) is 17.9 Å². The minimum Gasteiger partial charge on any atom is -0.492 e. The molecule has 0 unspecified atom stereocenters. The fraction of sp³-hybridized carbons (Fsp3) is 0.333. The van der Waals surface area contributed by atoms with E-state index in [9.17, 15) is 13.2 Å². The molecule has 0 radical (unpaired) electrons. The lowest BCUT2D eigenvalue weighted by molar-refractivity contribution is -0.138. The van der Waals surface area contributed by atoms with Gasteiger partial charge in [-0.05, 0) is 6.42 Å².